The molecule has 0 bridgehead atoms. The summed E-state index contributed by atoms with van der Waals surface area (Å²) in [6, 6.07) is 4.28. The Bertz CT molecular complexity index is 472. The van der Waals surface area contributed by atoms with Crippen molar-refractivity contribution in [2.75, 3.05) is 12.3 Å². The van der Waals surface area contributed by atoms with Crippen molar-refractivity contribution in [3.8, 4) is 5.75 Å². The minimum Gasteiger partial charge on any atom is -0.505 e. The van der Waals surface area contributed by atoms with Crippen molar-refractivity contribution in [2.24, 2.45) is 5.73 Å². The van der Waals surface area contributed by atoms with Gasteiger partial charge in [0.05, 0.1) is 17.8 Å². The number of nitrogens with two attached hydrogens (primary N) is 2. The quantitative estimate of drug-likeness (QED) is 0.528. The zero-order valence-corrected chi connectivity index (χ0v) is 10.4. The Morgan fingerprint density at radius 1 is 1.39 bits per heavy atom. The highest BCUT2D eigenvalue weighted by Gasteiger charge is 2.23. The number of phenolic OH excluding ortho intramolecular Hbond substituents is 1. The van der Waals surface area contributed by atoms with Crippen LogP contribution in [0.4, 0.5) is 5.69 Å². The predicted molar refractivity (Wildman–Crippen MR) is 67.9 cm³/mol. The van der Waals surface area contributed by atoms with Crippen LogP contribution in [0.5, 0.6) is 5.75 Å². The minimum atomic E-state index is -0.611. The SMILES string of the molecule is CC(C)N(CC(N)=O)C(=O)c1cccc(N)c1O. The number of hydrogen-bond donors (Lipinski definition) is 3. The van der Waals surface area contributed by atoms with Gasteiger partial charge in [-0.3, -0.25) is 9.59 Å². The van der Waals surface area contributed by atoms with E-state index in [0.717, 1.165) is 0 Å². The first kappa shape index (κ1) is 13.8. The maximum atomic E-state index is 12.2. The Kier molecular flexibility index (Phi) is 4.14. The summed E-state index contributed by atoms with van der Waals surface area (Å²) >= 11 is 0. The number of nitrogen functional groups attached to an aromatic ring is 1. The van der Waals surface area contributed by atoms with Crippen molar-refractivity contribution in [1.82, 2.24) is 4.90 Å². The lowest BCUT2D eigenvalue weighted by Crippen LogP contribution is -2.42. The van der Waals surface area contributed by atoms with E-state index in [4.69, 9.17) is 11.5 Å². The van der Waals surface area contributed by atoms with Gasteiger partial charge in [0.25, 0.3) is 5.91 Å². The first-order chi connectivity index (χ1) is 8.34. The van der Waals surface area contributed by atoms with Gasteiger partial charge in [-0.15, -0.1) is 0 Å². The number of nitrogens with zero attached hydrogens (tertiary/aromatic N) is 1. The van der Waals surface area contributed by atoms with Crippen molar-refractivity contribution in [2.45, 2.75) is 19.9 Å². The Balaban J connectivity index is 3.10. The van der Waals surface area contributed by atoms with Gasteiger partial charge in [0, 0.05) is 6.04 Å². The molecular formula is C12H17N3O3. The van der Waals surface area contributed by atoms with Crippen LogP contribution in [-0.2, 0) is 4.79 Å². The third-order valence-corrected chi connectivity index (χ3v) is 2.51. The van der Waals surface area contributed by atoms with Crippen LogP contribution in [0.1, 0.15) is 24.2 Å². The van der Waals surface area contributed by atoms with Crippen molar-refractivity contribution >= 4 is 17.5 Å². The van der Waals surface area contributed by atoms with Crippen LogP contribution in [0.15, 0.2) is 18.2 Å². The van der Waals surface area contributed by atoms with Gasteiger partial charge in [0.2, 0.25) is 5.91 Å². The van der Waals surface area contributed by atoms with E-state index in [2.05, 4.69) is 0 Å². The molecule has 2 amide bonds. The van der Waals surface area contributed by atoms with Crippen molar-refractivity contribution in [1.29, 1.82) is 0 Å². The van der Waals surface area contributed by atoms with Crippen molar-refractivity contribution in [3.05, 3.63) is 23.8 Å². The molecule has 0 heterocycles. The monoisotopic (exact) mass is 251 g/mol. The molecule has 0 unspecified atom stereocenters. The fourth-order valence-corrected chi connectivity index (χ4v) is 1.55. The topological polar surface area (TPSA) is 110 Å². The molecule has 98 valence electrons. The fourth-order valence-electron chi connectivity index (χ4n) is 1.55. The zero-order chi connectivity index (χ0) is 13.9. The lowest BCUT2D eigenvalue weighted by molar-refractivity contribution is -0.119. The van der Waals surface area contributed by atoms with Crippen LogP contribution >= 0.6 is 0 Å². The van der Waals surface area contributed by atoms with Crippen LogP contribution < -0.4 is 11.5 Å². The van der Waals surface area contributed by atoms with E-state index in [9.17, 15) is 14.7 Å². The number of hydrogen-bond acceptors (Lipinski definition) is 4. The van der Waals surface area contributed by atoms with E-state index in [1.54, 1.807) is 19.9 Å². The highest BCUT2D eigenvalue weighted by molar-refractivity contribution is 6.00. The van der Waals surface area contributed by atoms with Crippen LogP contribution in [0, 0.1) is 0 Å². The van der Waals surface area contributed by atoms with E-state index < -0.39 is 11.8 Å². The van der Waals surface area contributed by atoms with Crippen molar-refractivity contribution < 1.29 is 14.7 Å². The van der Waals surface area contributed by atoms with Crippen LogP contribution in [0.25, 0.3) is 0 Å². The number of phenols is 1. The predicted octanol–water partition coefficient (Wildman–Crippen LogP) is 0.310. The molecule has 6 nitrogen and oxygen atoms in total. The summed E-state index contributed by atoms with van der Waals surface area (Å²) in [4.78, 5) is 24.4. The molecule has 1 aromatic carbocycles. The highest BCUT2D eigenvalue weighted by Crippen LogP contribution is 2.26. The zero-order valence-electron chi connectivity index (χ0n) is 10.4. The molecule has 0 aliphatic rings. The van der Waals surface area contributed by atoms with Gasteiger partial charge in [-0.2, -0.15) is 0 Å². The number of para-hydroxylation sites is 1. The molecular weight excluding hydrogens is 234 g/mol. The molecule has 0 radical (unpaired) electrons. The lowest BCUT2D eigenvalue weighted by atomic mass is 10.1. The number of primary amides is 1. The Hall–Kier alpha value is -2.24. The maximum absolute atomic E-state index is 12.2. The van der Waals surface area contributed by atoms with Gasteiger partial charge in [-0.25, -0.2) is 0 Å². The minimum absolute atomic E-state index is 0.0601. The largest absolute Gasteiger partial charge is 0.505 e. The average molecular weight is 251 g/mol. The molecule has 0 fully saturated rings. The van der Waals surface area contributed by atoms with Crippen molar-refractivity contribution in [3.63, 3.8) is 0 Å². The van der Waals surface area contributed by atoms with E-state index >= 15 is 0 Å². The van der Waals surface area contributed by atoms with E-state index in [0.29, 0.717) is 0 Å². The number of aromatic hydroxyl groups is 1. The Morgan fingerprint density at radius 3 is 2.50 bits per heavy atom. The molecule has 6 heteroatoms. The number of benzene rings is 1. The summed E-state index contributed by atoms with van der Waals surface area (Å²) < 4.78 is 0. The first-order valence-corrected chi connectivity index (χ1v) is 5.51. The first-order valence-electron chi connectivity index (χ1n) is 5.51. The molecule has 0 aliphatic heterocycles. The molecule has 18 heavy (non-hydrogen) atoms. The molecule has 1 rings (SSSR count). The summed E-state index contributed by atoms with van der Waals surface area (Å²) in [7, 11) is 0. The van der Waals surface area contributed by atoms with Gasteiger partial charge in [-0.1, -0.05) is 6.07 Å². The van der Waals surface area contributed by atoms with Gasteiger partial charge in [0.1, 0.15) is 0 Å². The summed E-state index contributed by atoms with van der Waals surface area (Å²) in [6.07, 6.45) is 0. The molecule has 0 saturated carbocycles. The molecule has 0 saturated heterocycles. The Labute approximate surface area is 105 Å². The van der Waals surface area contributed by atoms with Gasteiger partial charge < -0.3 is 21.5 Å². The second kappa shape index (κ2) is 5.39. The van der Waals surface area contributed by atoms with E-state index in [1.165, 1.54) is 17.0 Å². The molecule has 0 aliphatic carbocycles. The molecule has 0 atom stereocenters. The third kappa shape index (κ3) is 2.91. The van der Waals surface area contributed by atoms with Gasteiger partial charge in [0.15, 0.2) is 5.75 Å². The van der Waals surface area contributed by atoms with Crippen LogP contribution in [0.2, 0.25) is 0 Å². The molecule has 5 N–H and O–H groups in total. The second-order valence-corrected chi connectivity index (χ2v) is 4.24. The molecule has 0 spiro atoms. The third-order valence-electron chi connectivity index (χ3n) is 2.51. The number of carbonyl (C=O) groups excluding carboxylic acids is 2. The fraction of sp³-hybridized carbons (Fsp3) is 0.333. The standard InChI is InChI=1S/C12H17N3O3/c1-7(2)15(6-10(14)16)12(18)8-4-3-5-9(13)11(8)17/h3-5,7,17H,6,13H2,1-2H3,(H2,14,16). The highest BCUT2D eigenvalue weighted by atomic mass is 16.3. The molecule has 1 aromatic rings. The number of carbonyl (C=O) groups is 2. The van der Waals surface area contributed by atoms with E-state index in [1.807, 2.05) is 0 Å². The van der Waals surface area contributed by atoms with Crippen LogP contribution in [-0.4, -0.2) is 34.4 Å². The van der Waals surface area contributed by atoms with Crippen LogP contribution in [0.3, 0.4) is 0 Å². The van der Waals surface area contributed by atoms with E-state index in [-0.39, 0.29) is 29.6 Å². The number of amides is 2. The lowest BCUT2D eigenvalue weighted by Gasteiger charge is -2.25. The summed E-state index contributed by atoms with van der Waals surface area (Å²) in [5.41, 5.74) is 10.8. The van der Waals surface area contributed by atoms with Gasteiger partial charge >= 0.3 is 0 Å². The number of anilines is 1. The maximum Gasteiger partial charge on any atom is 0.258 e. The Morgan fingerprint density at radius 2 is 2.00 bits per heavy atom. The smallest absolute Gasteiger partial charge is 0.258 e. The normalized spacial score (nSPS) is 10.4. The van der Waals surface area contributed by atoms with Gasteiger partial charge in [-0.05, 0) is 26.0 Å². The summed E-state index contributed by atoms with van der Waals surface area (Å²) in [5, 5.41) is 9.74. The molecule has 0 aromatic heterocycles. The summed E-state index contributed by atoms with van der Waals surface area (Å²) in [6.45, 7) is 3.30. The summed E-state index contributed by atoms with van der Waals surface area (Å²) in [5.74, 6) is -1.37. The second-order valence-electron chi connectivity index (χ2n) is 4.24. The average Bonchev–Trinajstić information content (AvgIpc) is 2.28. The number of rotatable bonds is 4.